The van der Waals surface area contributed by atoms with E-state index in [-0.39, 0.29) is 41.1 Å². The molecule has 1 atom stereocenters. The molecule has 0 aromatic carbocycles. The molecule has 1 aliphatic heterocycles. The molecule has 156 valence electrons. The lowest BCUT2D eigenvalue weighted by atomic mass is 10.2. The van der Waals surface area contributed by atoms with Gasteiger partial charge in [-0.3, -0.25) is 9.59 Å². The molecular weight excluding hydrogens is 438 g/mol. The molecule has 1 fully saturated rings. The first kappa shape index (κ1) is 21.7. The van der Waals surface area contributed by atoms with Gasteiger partial charge in [0, 0.05) is 32.4 Å². The van der Waals surface area contributed by atoms with Crippen molar-refractivity contribution < 1.29 is 18.0 Å². The third-order valence-corrected chi connectivity index (χ3v) is 7.77. The number of aromatic nitrogens is 1. The number of hydrogen-bond donors (Lipinski definition) is 2. The molecule has 0 bridgehead atoms. The van der Waals surface area contributed by atoms with Crippen LogP contribution in [0, 0.1) is 0 Å². The van der Waals surface area contributed by atoms with Crippen molar-refractivity contribution in [3.8, 4) is 0 Å². The molecule has 1 unspecified atom stereocenters. The fourth-order valence-electron chi connectivity index (χ4n) is 3.01. The maximum atomic E-state index is 13.2. The van der Waals surface area contributed by atoms with E-state index in [1.165, 1.54) is 29.3 Å². The number of nitrogens with two attached hydrogens (primary N) is 1. The van der Waals surface area contributed by atoms with Crippen LogP contribution in [0.25, 0.3) is 0 Å². The van der Waals surface area contributed by atoms with E-state index in [0.29, 0.717) is 6.42 Å². The van der Waals surface area contributed by atoms with Gasteiger partial charge in [0.2, 0.25) is 0 Å². The fraction of sp³-hybridized carbons (Fsp3) is 0.353. The molecule has 0 spiro atoms. The summed E-state index contributed by atoms with van der Waals surface area (Å²) in [6.45, 7) is 0.681. The third-order valence-electron chi connectivity index (χ3n) is 4.32. The number of nitrogens with zero attached hydrogens (tertiary/aromatic N) is 3. The van der Waals surface area contributed by atoms with Crippen molar-refractivity contribution >= 4 is 44.8 Å². The van der Waals surface area contributed by atoms with E-state index in [4.69, 9.17) is 17.3 Å². The summed E-state index contributed by atoms with van der Waals surface area (Å²) >= 11 is 6.83. The number of thiophene rings is 1. The highest BCUT2D eigenvalue weighted by atomic mass is 35.5. The lowest BCUT2D eigenvalue weighted by Gasteiger charge is -2.41. The molecule has 0 saturated carbocycles. The number of nitrogens with one attached hydrogen (secondary N) is 1. The van der Waals surface area contributed by atoms with Gasteiger partial charge in [0.15, 0.2) is 6.17 Å². The van der Waals surface area contributed by atoms with Crippen LogP contribution in [0.3, 0.4) is 0 Å². The standard InChI is InChI=1S/C17H20ClN5O4S2/c18-13-5-4-12(11-21-13)17(25)22-8-2-9-23(16(22)15(24)20-7-6-19)29(26,27)14-3-1-10-28-14/h1,3-5,10-11,16H,2,6-9,19H2,(H,20,24). The second-order valence-corrected chi connectivity index (χ2v) is 9.68. The second kappa shape index (κ2) is 9.18. The first-order valence-corrected chi connectivity index (χ1v) is 11.5. The summed E-state index contributed by atoms with van der Waals surface area (Å²) in [7, 11) is -3.96. The number of hydrogen-bond acceptors (Lipinski definition) is 7. The van der Waals surface area contributed by atoms with Gasteiger partial charge in [-0.15, -0.1) is 11.3 Å². The minimum absolute atomic E-state index is 0.108. The normalized spacial score (nSPS) is 17.9. The Kier molecular flexibility index (Phi) is 6.85. The highest BCUT2D eigenvalue weighted by molar-refractivity contribution is 7.91. The highest BCUT2D eigenvalue weighted by Gasteiger charge is 2.44. The molecule has 3 heterocycles. The Hall–Kier alpha value is -2.05. The molecule has 2 amide bonds. The van der Waals surface area contributed by atoms with E-state index in [2.05, 4.69) is 10.3 Å². The van der Waals surface area contributed by atoms with Crippen molar-refractivity contribution in [1.82, 2.24) is 19.5 Å². The van der Waals surface area contributed by atoms with Crippen molar-refractivity contribution in [2.75, 3.05) is 26.2 Å². The van der Waals surface area contributed by atoms with Crippen LogP contribution in [-0.4, -0.2) is 66.8 Å². The average Bonchev–Trinajstić information content (AvgIpc) is 3.27. The largest absolute Gasteiger partial charge is 0.352 e. The molecule has 0 radical (unpaired) electrons. The smallest absolute Gasteiger partial charge is 0.259 e. The lowest BCUT2D eigenvalue weighted by molar-refractivity contribution is -0.130. The fourth-order valence-corrected chi connectivity index (χ4v) is 5.84. The number of halogens is 1. The number of amides is 2. The van der Waals surface area contributed by atoms with Gasteiger partial charge < -0.3 is 16.0 Å². The molecule has 9 nitrogen and oxygen atoms in total. The van der Waals surface area contributed by atoms with Crippen LogP contribution in [-0.2, 0) is 14.8 Å². The van der Waals surface area contributed by atoms with Crippen LogP contribution >= 0.6 is 22.9 Å². The summed E-state index contributed by atoms with van der Waals surface area (Å²) < 4.78 is 27.5. The second-order valence-electron chi connectivity index (χ2n) is 6.22. The van der Waals surface area contributed by atoms with E-state index in [0.717, 1.165) is 15.6 Å². The third kappa shape index (κ3) is 4.59. The van der Waals surface area contributed by atoms with Gasteiger partial charge in [0.25, 0.3) is 21.8 Å². The van der Waals surface area contributed by atoms with Crippen LogP contribution in [0.4, 0.5) is 0 Å². The SMILES string of the molecule is NCCNC(=O)C1N(C(=O)c2ccc(Cl)nc2)CCCN1S(=O)(=O)c1cccs1. The lowest BCUT2D eigenvalue weighted by Crippen LogP contribution is -2.63. The molecular formula is C17H20ClN5O4S2. The van der Waals surface area contributed by atoms with E-state index < -0.39 is 28.0 Å². The topological polar surface area (TPSA) is 126 Å². The zero-order chi connectivity index (χ0) is 21.0. The number of sulfonamides is 1. The van der Waals surface area contributed by atoms with Crippen molar-refractivity contribution in [3.05, 3.63) is 46.6 Å². The van der Waals surface area contributed by atoms with Crippen LogP contribution < -0.4 is 11.1 Å². The zero-order valence-corrected chi connectivity index (χ0v) is 17.7. The quantitative estimate of drug-likeness (QED) is 0.616. The molecule has 1 saturated heterocycles. The summed E-state index contributed by atoms with van der Waals surface area (Å²) in [5, 5.41) is 4.46. The monoisotopic (exact) mass is 457 g/mol. The van der Waals surface area contributed by atoms with Gasteiger partial charge in [-0.25, -0.2) is 13.4 Å². The molecule has 2 aromatic heterocycles. The van der Waals surface area contributed by atoms with E-state index in [1.807, 2.05) is 0 Å². The Bertz CT molecular complexity index is 966. The molecule has 29 heavy (non-hydrogen) atoms. The Morgan fingerprint density at radius 2 is 2.10 bits per heavy atom. The van der Waals surface area contributed by atoms with Gasteiger partial charge in [0.1, 0.15) is 9.36 Å². The summed E-state index contributed by atoms with van der Waals surface area (Å²) in [6.07, 6.45) is 0.357. The predicted molar refractivity (Wildman–Crippen MR) is 109 cm³/mol. The Labute approximate surface area is 177 Å². The first-order valence-electron chi connectivity index (χ1n) is 8.82. The minimum Gasteiger partial charge on any atom is -0.352 e. The van der Waals surface area contributed by atoms with Gasteiger partial charge in [0.05, 0.1) is 5.56 Å². The van der Waals surface area contributed by atoms with Gasteiger partial charge in [-0.05, 0) is 30.0 Å². The summed E-state index contributed by atoms with van der Waals surface area (Å²) in [5.41, 5.74) is 5.67. The van der Waals surface area contributed by atoms with Crippen LogP contribution in [0.1, 0.15) is 16.8 Å². The zero-order valence-electron chi connectivity index (χ0n) is 15.3. The number of carbonyl (C=O) groups excluding carboxylic acids is 2. The maximum absolute atomic E-state index is 13.2. The van der Waals surface area contributed by atoms with Crippen LogP contribution in [0.5, 0.6) is 0 Å². The van der Waals surface area contributed by atoms with Gasteiger partial charge in [-0.1, -0.05) is 17.7 Å². The molecule has 3 N–H and O–H groups in total. The van der Waals surface area contributed by atoms with Crippen LogP contribution in [0.15, 0.2) is 40.1 Å². The molecule has 0 aliphatic carbocycles. The average molecular weight is 458 g/mol. The van der Waals surface area contributed by atoms with Crippen molar-refractivity contribution in [1.29, 1.82) is 0 Å². The summed E-state index contributed by atoms with van der Waals surface area (Å²) in [4.78, 5) is 31.1. The van der Waals surface area contributed by atoms with Crippen molar-refractivity contribution in [2.24, 2.45) is 5.73 Å². The van der Waals surface area contributed by atoms with Crippen molar-refractivity contribution in [2.45, 2.75) is 16.8 Å². The van der Waals surface area contributed by atoms with Crippen LogP contribution in [0.2, 0.25) is 5.15 Å². The van der Waals surface area contributed by atoms with E-state index >= 15 is 0 Å². The maximum Gasteiger partial charge on any atom is 0.259 e. The molecule has 2 aromatic rings. The minimum atomic E-state index is -3.96. The Morgan fingerprint density at radius 3 is 2.72 bits per heavy atom. The van der Waals surface area contributed by atoms with Gasteiger partial charge in [-0.2, -0.15) is 4.31 Å². The number of carbonyl (C=O) groups is 2. The van der Waals surface area contributed by atoms with E-state index in [9.17, 15) is 18.0 Å². The Morgan fingerprint density at radius 1 is 1.31 bits per heavy atom. The Balaban J connectivity index is 1.99. The number of rotatable bonds is 6. The summed E-state index contributed by atoms with van der Waals surface area (Å²) in [5.74, 6) is -1.11. The molecule has 12 heteroatoms. The predicted octanol–water partition coefficient (Wildman–Crippen LogP) is 0.734. The highest BCUT2D eigenvalue weighted by Crippen LogP contribution is 2.28. The summed E-state index contributed by atoms with van der Waals surface area (Å²) in [6, 6.07) is 6.04. The molecule has 3 rings (SSSR count). The van der Waals surface area contributed by atoms with Crippen molar-refractivity contribution in [3.63, 3.8) is 0 Å². The first-order chi connectivity index (χ1) is 13.9. The van der Waals surface area contributed by atoms with Gasteiger partial charge >= 0.3 is 0 Å². The number of pyridine rings is 1. The molecule has 1 aliphatic rings. The van der Waals surface area contributed by atoms with E-state index in [1.54, 1.807) is 11.4 Å².